The number of ether oxygens (including phenoxy) is 4. The Balaban J connectivity index is 1.47. The Kier molecular flexibility index (Phi) is 11.6. The van der Waals surface area contributed by atoms with Gasteiger partial charge < -0.3 is 18.9 Å². The molecule has 0 N–H and O–H groups in total. The minimum atomic E-state index is -1.45. The lowest BCUT2D eigenvalue weighted by Gasteiger charge is -2.36. The number of benzene rings is 4. The van der Waals surface area contributed by atoms with Crippen molar-refractivity contribution in [3.63, 3.8) is 0 Å². The van der Waals surface area contributed by atoms with Crippen LogP contribution in [0.1, 0.15) is 28.4 Å². The Morgan fingerprint density at radius 1 is 0.583 bits per heavy atom. The summed E-state index contributed by atoms with van der Waals surface area (Å²) in [6.07, 6.45) is 5.59. The second-order valence-corrected chi connectivity index (χ2v) is 10.6. The molecule has 0 spiro atoms. The van der Waals surface area contributed by atoms with Crippen LogP contribution in [0.2, 0.25) is 0 Å². The molecule has 8 nitrogen and oxygen atoms in total. The minimum Gasteiger partial charge on any atom is -0.451 e. The lowest BCUT2D eigenvalue weighted by atomic mass is 9.95. The fraction of sp³-hybridized carbons (Fsp3) is 0.100. The average molecular weight is 641 g/mol. The van der Waals surface area contributed by atoms with Gasteiger partial charge in [0.15, 0.2) is 24.4 Å². The van der Waals surface area contributed by atoms with E-state index in [9.17, 15) is 19.2 Å². The zero-order chi connectivity index (χ0) is 33.6. The van der Waals surface area contributed by atoms with E-state index in [0.29, 0.717) is 5.56 Å². The van der Waals surface area contributed by atoms with Gasteiger partial charge in [-0.25, -0.2) is 19.2 Å². The van der Waals surface area contributed by atoms with Crippen molar-refractivity contribution in [2.24, 2.45) is 0 Å². The van der Waals surface area contributed by atoms with Crippen molar-refractivity contribution in [1.29, 1.82) is 0 Å². The van der Waals surface area contributed by atoms with Crippen molar-refractivity contribution >= 4 is 42.1 Å². The van der Waals surface area contributed by atoms with E-state index in [-0.39, 0.29) is 0 Å². The summed E-state index contributed by atoms with van der Waals surface area (Å²) >= 11 is 0. The molecule has 5 rings (SSSR count). The predicted molar refractivity (Wildman–Crippen MR) is 180 cm³/mol. The molecule has 0 fully saturated rings. The Labute approximate surface area is 278 Å². The molecule has 48 heavy (non-hydrogen) atoms. The van der Waals surface area contributed by atoms with E-state index >= 15 is 0 Å². The molecule has 4 unspecified atom stereocenters. The first-order valence-electron chi connectivity index (χ1n) is 15.2. The highest BCUT2D eigenvalue weighted by Crippen LogP contribution is 2.32. The van der Waals surface area contributed by atoms with Crippen molar-refractivity contribution in [3.05, 3.63) is 174 Å². The van der Waals surface area contributed by atoms with Crippen LogP contribution < -0.4 is 0 Å². The maximum Gasteiger partial charge on any atom is 0.331 e. The summed E-state index contributed by atoms with van der Waals surface area (Å²) in [6, 6.07) is 36.0. The fourth-order valence-electron chi connectivity index (χ4n) is 4.85. The molecule has 0 saturated carbocycles. The van der Waals surface area contributed by atoms with Gasteiger partial charge in [0, 0.05) is 24.3 Å². The summed E-state index contributed by atoms with van der Waals surface area (Å²) in [7, 11) is 0. The van der Waals surface area contributed by atoms with Crippen LogP contribution in [0, 0.1) is 0 Å². The van der Waals surface area contributed by atoms with Crippen LogP contribution in [0.5, 0.6) is 0 Å². The van der Waals surface area contributed by atoms with E-state index in [1.807, 2.05) is 78.9 Å². The van der Waals surface area contributed by atoms with E-state index in [1.165, 1.54) is 24.3 Å². The summed E-state index contributed by atoms with van der Waals surface area (Å²) in [5.41, 5.74) is 2.73. The van der Waals surface area contributed by atoms with E-state index in [2.05, 4.69) is 0 Å². The molecule has 0 amide bonds. The molecule has 4 aromatic rings. The molecule has 240 valence electrons. The first-order valence-corrected chi connectivity index (χ1v) is 15.2. The highest BCUT2D eigenvalue weighted by molar-refractivity contribution is 5.89. The number of hydrogen-bond donors (Lipinski definition) is 0. The van der Waals surface area contributed by atoms with Crippen molar-refractivity contribution in [1.82, 2.24) is 0 Å². The van der Waals surface area contributed by atoms with Gasteiger partial charge >= 0.3 is 23.9 Å². The molecule has 0 bridgehead atoms. The van der Waals surface area contributed by atoms with Gasteiger partial charge in [0.25, 0.3) is 0 Å². The second-order valence-electron chi connectivity index (χ2n) is 10.6. The van der Waals surface area contributed by atoms with Gasteiger partial charge in [0.05, 0.1) is 0 Å². The summed E-state index contributed by atoms with van der Waals surface area (Å²) in [6.45, 7) is 0. The first-order chi connectivity index (χ1) is 23.4. The van der Waals surface area contributed by atoms with Crippen molar-refractivity contribution in [3.8, 4) is 0 Å². The molecule has 0 saturated heterocycles. The van der Waals surface area contributed by atoms with Crippen LogP contribution in [0.3, 0.4) is 0 Å². The number of hydrogen-bond acceptors (Lipinski definition) is 8. The van der Waals surface area contributed by atoms with Gasteiger partial charge in [-0.05, 0) is 46.6 Å². The number of carbonyl (C=O) groups excluding carboxylic acids is 4. The van der Waals surface area contributed by atoms with Crippen molar-refractivity contribution < 1.29 is 38.1 Å². The van der Waals surface area contributed by atoms with Gasteiger partial charge in [-0.1, -0.05) is 121 Å². The molecule has 8 heteroatoms. The number of carbonyl (C=O) groups is 4. The van der Waals surface area contributed by atoms with E-state index in [1.54, 1.807) is 60.7 Å². The van der Waals surface area contributed by atoms with Crippen LogP contribution in [0.4, 0.5) is 0 Å². The number of cyclic esters (lactones) is 1. The normalized spacial score (nSPS) is 17.1. The summed E-state index contributed by atoms with van der Waals surface area (Å²) < 4.78 is 23.2. The molecular formula is C40H32O8. The zero-order valence-corrected chi connectivity index (χ0v) is 25.7. The van der Waals surface area contributed by atoms with E-state index in [0.717, 1.165) is 22.8 Å². The fourth-order valence-corrected chi connectivity index (χ4v) is 4.85. The van der Waals surface area contributed by atoms with Gasteiger partial charge in [0.1, 0.15) is 0 Å². The number of rotatable bonds is 12. The third kappa shape index (κ3) is 9.86. The molecule has 0 radical (unpaired) electrons. The Hall–Kier alpha value is -6.28. The van der Waals surface area contributed by atoms with Gasteiger partial charge in [-0.15, -0.1) is 0 Å². The van der Waals surface area contributed by atoms with Crippen molar-refractivity contribution in [2.45, 2.75) is 24.4 Å². The third-order valence-corrected chi connectivity index (χ3v) is 7.13. The summed E-state index contributed by atoms with van der Waals surface area (Å²) in [5, 5.41) is 0. The van der Waals surface area contributed by atoms with E-state index < -0.39 is 48.3 Å². The lowest BCUT2D eigenvalue weighted by Crippen LogP contribution is -2.49. The van der Waals surface area contributed by atoms with Gasteiger partial charge in [-0.2, -0.15) is 0 Å². The maximum atomic E-state index is 13.3. The van der Waals surface area contributed by atoms with Gasteiger partial charge in [0.2, 0.25) is 0 Å². The quantitative estimate of drug-likeness (QED) is 0.0956. The highest BCUT2D eigenvalue weighted by atomic mass is 16.6. The van der Waals surface area contributed by atoms with Crippen LogP contribution in [-0.4, -0.2) is 42.2 Å². The molecule has 1 aliphatic heterocycles. The SMILES string of the molecule is O=C(C=Cc1ccccc1)OC1C=CC(=O)OC1C(OC(=O)C=Cc1ccccc1)C(OC(=O)C=Cc1ccccc1)c1ccccc1. The molecule has 0 aliphatic carbocycles. The predicted octanol–water partition coefficient (Wildman–Crippen LogP) is 6.72. The largest absolute Gasteiger partial charge is 0.451 e. The number of esters is 4. The van der Waals surface area contributed by atoms with Crippen LogP contribution in [-0.2, 0) is 38.1 Å². The zero-order valence-electron chi connectivity index (χ0n) is 25.7. The third-order valence-electron chi connectivity index (χ3n) is 7.13. The minimum absolute atomic E-state index is 0.448. The molecule has 1 aliphatic rings. The Morgan fingerprint density at radius 3 is 1.52 bits per heavy atom. The van der Waals surface area contributed by atoms with Gasteiger partial charge in [-0.3, -0.25) is 0 Å². The summed E-state index contributed by atoms with van der Waals surface area (Å²) in [4.78, 5) is 52.2. The standard InChI is InChI=1S/C40H32O8/c41-34(25-21-29-13-5-1-6-14-29)45-33-24-28-37(44)47-39(33)40(48-36(43)27-23-31-17-9-3-10-18-31)38(32-19-11-4-12-20-32)46-35(42)26-22-30-15-7-2-8-16-30/h1-28,33,38-40H. The maximum absolute atomic E-state index is 13.3. The molecule has 0 aromatic heterocycles. The van der Waals surface area contributed by atoms with E-state index in [4.69, 9.17) is 18.9 Å². The monoisotopic (exact) mass is 640 g/mol. The Bertz CT molecular complexity index is 1800. The molecule has 4 atom stereocenters. The summed E-state index contributed by atoms with van der Waals surface area (Å²) in [5.74, 6) is -3.04. The van der Waals surface area contributed by atoms with Crippen LogP contribution >= 0.6 is 0 Å². The molecule has 1 heterocycles. The second kappa shape index (κ2) is 16.9. The first kappa shape index (κ1) is 33.1. The molecule has 4 aromatic carbocycles. The van der Waals surface area contributed by atoms with Crippen molar-refractivity contribution in [2.75, 3.05) is 0 Å². The average Bonchev–Trinajstić information content (AvgIpc) is 3.13. The highest BCUT2D eigenvalue weighted by Gasteiger charge is 2.45. The van der Waals surface area contributed by atoms with Crippen LogP contribution in [0.15, 0.2) is 152 Å². The van der Waals surface area contributed by atoms with Crippen LogP contribution in [0.25, 0.3) is 18.2 Å². The smallest absolute Gasteiger partial charge is 0.331 e. The molecular weight excluding hydrogens is 608 g/mol. The topological polar surface area (TPSA) is 105 Å². The lowest BCUT2D eigenvalue weighted by molar-refractivity contribution is -0.193. The Morgan fingerprint density at radius 2 is 1.02 bits per heavy atom.